The van der Waals surface area contributed by atoms with Crippen molar-refractivity contribution in [2.45, 2.75) is 13.1 Å². The minimum Gasteiger partial charge on any atom is -0.323 e. The van der Waals surface area contributed by atoms with Gasteiger partial charge in [0.25, 0.3) is 5.56 Å². The largest absolute Gasteiger partial charge is 0.323 e. The third-order valence-corrected chi connectivity index (χ3v) is 7.63. The molecule has 8 heteroatoms. The zero-order valence-corrected chi connectivity index (χ0v) is 23.7. The molecule has 0 atom stereocenters. The molecular formula is C34H22Cl2N4O2. The SMILES string of the molecule is N#Cc1ccc(Cn2c(=O)cc(-c3cccc(Cl)c3)c3cc(C(=O)c4cncn4Cc4ccc(Cl)cc4)ccc32)cc1. The zero-order valence-electron chi connectivity index (χ0n) is 22.2. The predicted octanol–water partition coefficient (Wildman–Crippen LogP) is 7.37. The van der Waals surface area contributed by atoms with E-state index in [1.807, 2.05) is 60.7 Å². The highest BCUT2D eigenvalue weighted by Gasteiger charge is 2.18. The van der Waals surface area contributed by atoms with Crippen LogP contribution < -0.4 is 5.56 Å². The molecular weight excluding hydrogens is 567 g/mol. The molecule has 0 amide bonds. The number of halogens is 2. The molecule has 6 nitrogen and oxygen atoms in total. The van der Waals surface area contributed by atoms with Crippen LogP contribution in [0.25, 0.3) is 22.0 Å². The van der Waals surface area contributed by atoms with E-state index < -0.39 is 0 Å². The van der Waals surface area contributed by atoms with Gasteiger partial charge in [-0.3, -0.25) is 9.59 Å². The monoisotopic (exact) mass is 588 g/mol. The molecule has 0 aliphatic heterocycles. The van der Waals surface area contributed by atoms with Crippen molar-refractivity contribution in [1.82, 2.24) is 14.1 Å². The Morgan fingerprint density at radius 2 is 1.57 bits per heavy atom. The Labute approximate surface area is 251 Å². The summed E-state index contributed by atoms with van der Waals surface area (Å²) in [6.45, 7) is 0.766. The van der Waals surface area contributed by atoms with Crippen molar-refractivity contribution in [2.75, 3.05) is 0 Å². The zero-order chi connectivity index (χ0) is 29.2. The summed E-state index contributed by atoms with van der Waals surface area (Å²) in [5, 5.41) is 11.1. The topological polar surface area (TPSA) is 80.7 Å². The number of nitrogens with zero attached hydrogens (tertiary/aromatic N) is 4. The number of ketones is 1. The molecule has 2 heterocycles. The minimum absolute atomic E-state index is 0.190. The van der Waals surface area contributed by atoms with Gasteiger partial charge in [-0.05, 0) is 76.9 Å². The van der Waals surface area contributed by atoms with Crippen molar-refractivity contribution in [2.24, 2.45) is 0 Å². The molecule has 0 aliphatic carbocycles. The van der Waals surface area contributed by atoms with E-state index in [1.54, 1.807) is 58.1 Å². The summed E-state index contributed by atoms with van der Waals surface area (Å²) >= 11 is 12.3. The fraction of sp³-hybridized carbons (Fsp3) is 0.0588. The summed E-state index contributed by atoms with van der Waals surface area (Å²) < 4.78 is 3.48. The first-order chi connectivity index (χ1) is 20.4. The van der Waals surface area contributed by atoms with Gasteiger partial charge in [-0.2, -0.15) is 5.26 Å². The van der Waals surface area contributed by atoms with E-state index >= 15 is 0 Å². The number of fused-ring (bicyclic) bond motifs is 1. The third-order valence-electron chi connectivity index (χ3n) is 7.14. The second-order valence-corrected chi connectivity index (χ2v) is 10.8. The summed E-state index contributed by atoms with van der Waals surface area (Å²) in [7, 11) is 0. The molecule has 0 radical (unpaired) electrons. The Hall–Kier alpha value is -4.96. The number of benzene rings is 4. The van der Waals surface area contributed by atoms with E-state index in [4.69, 9.17) is 28.5 Å². The maximum Gasteiger partial charge on any atom is 0.251 e. The smallest absolute Gasteiger partial charge is 0.251 e. The predicted molar refractivity (Wildman–Crippen MR) is 165 cm³/mol. The van der Waals surface area contributed by atoms with Crippen molar-refractivity contribution in [3.8, 4) is 17.2 Å². The molecule has 2 aromatic heterocycles. The molecule has 0 N–H and O–H groups in total. The Balaban J connectivity index is 1.45. The fourth-order valence-corrected chi connectivity index (χ4v) is 5.34. The van der Waals surface area contributed by atoms with Crippen LogP contribution >= 0.6 is 23.2 Å². The number of carbonyl (C=O) groups is 1. The van der Waals surface area contributed by atoms with Crippen LogP contribution in [0.1, 0.15) is 32.7 Å². The average molecular weight is 589 g/mol. The van der Waals surface area contributed by atoms with Crippen LogP contribution in [0.5, 0.6) is 0 Å². The van der Waals surface area contributed by atoms with E-state index in [2.05, 4.69) is 11.1 Å². The summed E-state index contributed by atoms with van der Waals surface area (Å²) in [5.74, 6) is -0.190. The van der Waals surface area contributed by atoms with Gasteiger partial charge in [0.15, 0.2) is 0 Å². The number of hydrogen-bond donors (Lipinski definition) is 0. The lowest BCUT2D eigenvalue weighted by Crippen LogP contribution is -2.21. The van der Waals surface area contributed by atoms with E-state index in [9.17, 15) is 9.59 Å². The first-order valence-corrected chi connectivity index (χ1v) is 13.9. The highest BCUT2D eigenvalue weighted by molar-refractivity contribution is 6.31. The van der Waals surface area contributed by atoms with Crippen LogP contribution in [0, 0.1) is 11.3 Å². The van der Waals surface area contributed by atoms with Crippen molar-refractivity contribution in [3.63, 3.8) is 0 Å². The molecule has 6 aromatic rings. The second-order valence-electron chi connectivity index (χ2n) is 9.90. The van der Waals surface area contributed by atoms with Gasteiger partial charge in [-0.15, -0.1) is 0 Å². The van der Waals surface area contributed by atoms with Crippen LogP contribution in [-0.2, 0) is 13.1 Å². The molecule has 0 fully saturated rings. The maximum absolute atomic E-state index is 13.8. The molecule has 0 spiro atoms. The van der Waals surface area contributed by atoms with Gasteiger partial charge in [-0.25, -0.2) is 4.98 Å². The first kappa shape index (κ1) is 27.2. The quantitative estimate of drug-likeness (QED) is 0.182. The van der Waals surface area contributed by atoms with Gasteiger partial charge < -0.3 is 9.13 Å². The minimum atomic E-state index is -0.193. The molecule has 6 rings (SSSR count). The van der Waals surface area contributed by atoms with Crippen LogP contribution in [0.2, 0.25) is 10.0 Å². The summed E-state index contributed by atoms with van der Waals surface area (Å²) in [4.78, 5) is 31.5. The number of hydrogen-bond acceptors (Lipinski definition) is 4. The molecule has 42 heavy (non-hydrogen) atoms. The van der Waals surface area contributed by atoms with Gasteiger partial charge in [0, 0.05) is 33.6 Å². The number of aromatic nitrogens is 3. The summed E-state index contributed by atoms with van der Waals surface area (Å²) in [6, 6.07) is 30.9. The lowest BCUT2D eigenvalue weighted by molar-refractivity contribution is 0.103. The Morgan fingerprint density at radius 3 is 2.31 bits per heavy atom. The number of nitriles is 1. The maximum atomic E-state index is 13.8. The molecule has 0 saturated heterocycles. The van der Waals surface area contributed by atoms with Crippen LogP contribution in [0.15, 0.2) is 114 Å². The van der Waals surface area contributed by atoms with Crippen molar-refractivity contribution in [3.05, 3.63) is 158 Å². The number of pyridine rings is 1. The Bertz CT molecular complexity index is 2050. The van der Waals surface area contributed by atoms with Gasteiger partial charge in [-0.1, -0.05) is 59.6 Å². The van der Waals surface area contributed by atoms with Gasteiger partial charge >= 0.3 is 0 Å². The summed E-state index contributed by atoms with van der Waals surface area (Å²) in [5.41, 5.74) is 5.25. The first-order valence-electron chi connectivity index (χ1n) is 13.1. The van der Waals surface area contributed by atoms with Crippen LogP contribution in [0.3, 0.4) is 0 Å². The lowest BCUT2D eigenvalue weighted by atomic mass is 9.97. The van der Waals surface area contributed by atoms with E-state index in [0.717, 1.165) is 22.1 Å². The normalized spacial score (nSPS) is 11.0. The van der Waals surface area contributed by atoms with Gasteiger partial charge in [0.05, 0.1) is 36.2 Å². The average Bonchev–Trinajstić information content (AvgIpc) is 3.47. The number of imidazole rings is 1. The van der Waals surface area contributed by atoms with Gasteiger partial charge in [0.2, 0.25) is 5.78 Å². The van der Waals surface area contributed by atoms with Crippen molar-refractivity contribution in [1.29, 1.82) is 5.26 Å². The Kier molecular flexibility index (Phi) is 7.45. The van der Waals surface area contributed by atoms with Crippen molar-refractivity contribution >= 4 is 39.9 Å². The molecule has 0 unspecified atom stereocenters. The molecule has 204 valence electrons. The Morgan fingerprint density at radius 1 is 0.833 bits per heavy atom. The van der Waals surface area contributed by atoms with Crippen LogP contribution in [-0.4, -0.2) is 19.9 Å². The lowest BCUT2D eigenvalue weighted by Gasteiger charge is -2.16. The van der Waals surface area contributed by atoms with E-state index in [-0.39, 0.29) is 11.3 Å². The molecule has 0 bridgehead atoms. The van der Waals surface area contributed by atoms with E-state index in [1.165, 1.54) is 0 Å². The highest BCUT2D eigenvalue weighted by atomic mass is 35.5. The summed E-state index contributed by atoms with van der Waals surface area (Å²) in [6.07, 6.45) is 3.20. The van der Waals surface area contributed by atoms with E-state index in [0.29, 0.717) is 51.0 Å². The van der Waals surface area contributed by atoms with Crippen LogP contribution in [0.4, 0.5) is 0 Å². The third kappa shape index (κ3) is 5.48. The number of carbonyl (C=O) groups excluding carboxylic acids is 1. The molecule has 0 aliphatic rings. The van der Waals surface area contributed by atoms with Crippen molar-refractivity contribution < 1.29 is 4.79 Å². The second kappa shape index (κ2) is 11.5. The fourth-order valence-electron chi connectivity index (χ4n) is 5.02. The molecule has 4 aromatic carbocycles. The standard InChI is InChI=1S/C34H22Cl2N4O2/c35-27-11-8-23(9-12-27)19-39-21-38-18-32(39)34(42)26-10-13-31-30(15-26)29(25-2-1-3-28(36)14-25)16-33(41)40(31)20-24-6-4-22(17-37)5-7-24/h1-16,18,21H,19-20H2. The van der Waals surface area contributed by atoms with Gasteiger partial charge in [0.1, 0.15) is 5.69 Å². The highest BCUT2D eigenvalue weighted by Crippen LogP contribution is 2.31. The number of rotatable bonds is 7. The molecule has 0 saturated carbocycles.